The molecule has 156 valence electrons. The Hall–Kier alpha value is -2.45. The van der Waals surface area contributed by atoms with Gasteiger partial charge in [0, 0.05) is 50.2 Å². The molecule has 0 radical (unpaired) electrons. The monoisotopic (exact) mass is 416 g/mol. The summed E-state index contributed by atoms with van der Waals surface area (Å²) in [7, 11) is 0. The lowest BCUT2D eigenvalue weighted by Crippen LogP contribution is -2.51. The molecular weight excluding hydrogens is 388 g/mol. The van der Waals surface area contributed by atoms with Crippen LogP contribution in [0.2, 0.25) is 0 Å². The molecule has 1 N–H and O–H groups in total. The summed E-state index contributed by atoms with van der Waals surface area (Å²) >= 11 is 1.47. The minimum atomic E-state index is -0.478. The second kappa shape index (κ2) is 9.37. The van der Waals surface area contributed by atoms with Crippen LogP contribution in [0.3, 0.4) is 0 Å². The van der Waals surface area contributed by atoms with E-state index in [1.54, 1.807) is 10.3 Å². The van der Waals surface area contributed by atoms with Gasteiger partial charge >= 0.3 is 6.09 Å². The lowest BCUT2D eigenvalue weighted by molar-refractivity contribution is 0.0147. The van der Waals surface area contributed by atoms with Gasteiger partial charge < -0.3 is 15.0 Å². The predicted molar refractivity (Wildman–Crippen MR) is 114 cm³/mol. The molecule has 1 aromatic heterocycles. The smallest absolute Gasteiger partial charge is 0.410 e. The van der Waals surface area contributed by atoms with Crippen molar-refractivity contribution in [1.29, 1.82) is 0 Å². The molecule has 7 nitrogen and oxygen atoms in total. The van der Waals surface area contributed by atoms with Gasteiger partial charge in [-0.05, 0) is 20.8 Å². The standard InChI is InChI=1S/C21H28N4O3S/c1-21(2,3)28-20(27)25-13-11-24(12-14-25)10-9-22-18(26)17-15-29-19(23-17)16-7-5-4-6-8-16/h4-8,15H,9-14H2,1-3H3,(H,22,26). The summed E-state index contributed by atoms with van der Waals surface area (Å²) in [5.41, 5.74) is 0.984. The highest BCUT2D eigenvalue weighted by molar-refractivity contribution is 7.13. The van der Waals surface area contributed by atoms with Crippen LogP contribution in [-0.4, -0.2) is 71.7 Å². The molecule has 29 heavy (non-hydrogen) atoms. The van der Waals surface area contributed by atoms with Crippen LogP contribution in [0, 0.1) is 0 Å². The topological polar surface area (TPSA) is 74.8 Å². The normalized spacial score (nSPS) is 15.2. The predicted octanol–water partition coefficient (Wildman–Crippen LogP) is 3.09. The summed E-state index contributed by atoms with van der Waals surface area (Å²) in [5, 5.41) is 5.57. The molecule has 0 atom stereocenters. The Morgan fingerprint density at radius 2 is 1.83 bits per heavy atom. The first-order valence-corrected chi connectivity index (χ1v) is 10.7. The third-order valence-corrected chi connectivity index (χ3v) is 5.39. The minimum Gasteiger partial charge on any atom is -0.444 e. The fourth-order valence-electron chi connectivity index (χ4n) is 2.99. The zero-order valence-corrected chi connectivity index (χ0v) is 18.0. The largest absolute Gasteiger partial charge is 0.444 e. The summed E-state index contributed by atoms with van der Waals surface area (Å²) in [6.45, 7) is 9.70. The molecule has 1 fully saturated rings. The maximum Gasteiger partial charge on any atom is 0.410 e. The Labute approximate surface area is 175 Å². The molecule has 1 aliphatic rings. The second-order valence-electron chi connectivity index (χ2n) is 7.97. The van der Waals surface area contributed by atoms with E-state index in [4.69, 9.17) is 4.74 Å². The summed E-state index contributed by atoms with van der Waals surface area (Å²) in [5.74, 6) is -0.157. The van der Waals surface area contributed by atoms with E-state index in [9.17, 15) is 9.59 Å². The molecule has 2 amide bonds. The molecular formula is C21H28N4O3S. The molecule has 0 aliphatic carbocycles. The van der Waals surface area contributed by atoms with Gasteiger partial charge in [0.25, 0.3) is 5.91 Å². The highest BCUT2D eigenvalue weighted by atomic mass is 32.1. The summed E-state index contributed by atoms with van der Waals surface area (Å²) in [6.07, 6.45) is -0.261. The van der Waals surface area contributed by atoms with E-state index in [0.717, 1.165) is 30.2 Å². The molecule has 0 unspecified atom stereocenters. The van der Waals surface area contributed by atoms with Gasteiger partial charge in [0.2, 0.25) is 0 Å². The van der Waals surface area contributed by atoms with Crippen molar-refractivity contribution in [3.8, 4) is 10.6 Å². The average Bonchev–Trinajstić information content (AvgIpc) is 3.18. The number of amides is 2. The zero-order chi connectivity index (χ0) is 20.9. The van der Waals surface area contributed by atoms with Gasteiger partial charge in [0.1, 0.15) is 16.3 Å². The Morgan fingerprint density at radius 3 is 2.48 bits per heavy atom. The van der Waals surface area contributed by atoms with E-state index in [1.807, 2.05) is 51.1 Å². The number of benzene rings is 1. The Kier molecular flexibility index (Phi) is 6.87. The highest BCUT2D eigenvalue weighted by Gasteiger charge is 2.25. The fraction of sp³-hybridized carbons (Fsp3) is 0.476. The number of carbonyl (C=O) groups excluding carboxylic acids is 2. The molecule has 1 saturated heterocycles. The van der Waals surface area contributed by atoms with Crippen molar-refractivity contribution < 1.29 is 14.3 Å². The van der Waals surface area contributed by atoms with Gasteiger partial charge in [-0.2, -0.15) is 0 Å². The fourth-order valence-corrected chi connectivity index (χ4v) is 3.80. The first-order valence-electron chi connectivity index (χ1n) is 9.81. The van der Waals surface area contributed by atoms with Crippen LogP contribution in [0.1, 0.15) is 31.3 Å². The van der Waals surface area contributed by atoms with Crippen LogP contribution in [0.4, 0.5) is 4.79 Å². The molecule has 1 aliphatic heterocycles. The van der Waals surface area contributed by atoms with Crippen LogP contribution in [0.5, 0.6) is 0 Å². The number of thiazole rings is 1. The lowest BCUT2D eigenvalue weighted by atomic mass is 10.2. The Bertz CT molecular complexity index is 824. The van der Waals surface area contributed by atoms with Crippen LogP contribution in [0.25, 0.3) is 10.6 Å². The van der Waals surface area contributed by atoms with Crippen LogP contribution < -0.4 is 5.32 Å². The van der Waals surface area contributed by atoms with E-state index in [2.05, 4.69) is 15.2 Å². The molecule has 2 heterocycles. The molecule has 1 aromatic carbocycles. The number of piperazine rings is 1. The number of hydrogen-bond donors (Lipinski definition) is 1. The summed E-state index contributed by atoms with van der Waals surface area (Å²) in [6, 6.07) is 9.84. The van der Waals surface area contributed by atoms with Crippen molar-refractivity contribution in [3.05, 3.63) is 41.4 Å². The van der Waals surface area contributed by atoms with E-state index in [1.165, 1.54) is 11.3 Å². The van der Waals surface area contributed by atoms with Gasteiger partial charge in [0.15, 0.2) is 0 Å². The Balaban J connectivity index is 1.39. The maximum atomic E-state index is 12.4. The third kappa shape index (κ3) is 6.27. The molecule has 0 spiro atoms. The molecule has 0 saturated carbocycles. The van der Waals surface area contributed by atoms with E-state index >= 15 is 0 Å². The molecule has 2 aromatic rings. The maximum absolute atomic E-state index is 12.4. The van der Waals surface area contributed by atoms with Gasteiger partial charge in [-0.1, -0.05) is 30.3 Å². The number of rotatable bonds is 5. The van der Waals surface area contributed by atoms with E-state index in [0.29, 0.717) is 25.3 Å². The SMILES string of the molecule is CC(C)(C)OC(=O)N1CCN(CCNC(=O)c2csc(-c3ccccc3)n2)CC1. The summed E-state index contributed by atoms with van der Waals surface area (Å²) < 4.78 is 5.41. The van der Waals surface area contributed by atoms with Crippen molar-refractivity contribution >= 4 is 23.3 Å². The van der Waals surface area contributed by atoms with Crippen molar-refractivity contribution in [2.24, 2.45) is 0 Å². The van der Waals surface area contributed by atoms with Crippen LogP contribution in [-0.2, 0) is 4.74 Å². The number of hydrogen-bond acceptors (Lipinski definition) is 6. The van der Waals surface area contributed by atoms with Gasteiger partial charge in [-0.15, -0.1) is 11.3 Å². The quantitative estimate of drug-likeness (QED) is 0.811. The number of ether oxygens (including phenoxy) is 1. The average molecular weight is 417 g/mol. The number of aromatic nitrogens is 1. The van der Waals surface area contributed by atoms with Gasteiger partial charge in [0.05, 0.1) is 0 Å². The van der Waals surface area contributed by atoms with Crippen molar-refractivity contribution in [3.63, 3.8) is 0 Å². The minimum absolute atomic E-state index is 0.157. The van der Waals surface area contributed by atoms with E-state index < -0.39 is 5.60 Å². The second-order valence-corrected chi connectivity index (χ2v) is 8.83. The molecule has 3 rings (SSSR count). The first kappa shape index (κ1) is 21.3. The number of nitrogens with zero attached hydrogens (tertiary/aromatic N) is 3. The van der Waals surface area contributed by atoms with Gasteiger partial charge in [-0.3, -0.25) is 9.69 Å². The third-order valence-electron chi connectivity index (χ3n) is 4.50. The van der Waals surface area contributed by atoms with Crippen molar-refractivity contribution in [1.82, 2.24) is 20.1 Å². The first-order chi connectivity index (χ1) is 13.8. The zero-order valence-electron chi connectivity index (χ0n) is 17.2. The summed E-state index contributed by atoms with van der Waals surface area (Å²) in [4.78, 5) is 32.9. The molecule has 0 bridgehead atoms. The van der Waals surface area contributed by atoms with Crippen molar-refractivity contribution in [2.45, 2.75) is 26.4 Å². The van der Waals surface area contributed by atoms with Crippen LogP contribution >= 0.6 is 11.3 Å². The number of carbonyl (C=O) groups is 2. The van der Waals surface area contributed by atoms with Gasteiger partial charge in [-0.25, -0.2) is 9.78 Å². The Morgan fingerprint density at radius 1 is 1.14 bits per heavy atom. The highest BCUT2D eigenvalue weighted by Crippen LogP contribution is 2.23. The lowest BCUT2D eigenvalue weighted by Gasteiger charge is -2.35. The van der Waals surface area contributed by atoms with E-state index in [-0.39, 0.29) is 12.0 Å². The van der Waals surface area contributed by atoms with Crippen molar-refractivity contribution in [2.75, 3.05) is 39.3 Å². The molecule has 8 heteroatoms. The van der Waals surface area contributed by atoms with Crippen LogP contribution in [0.15, 0.2) is 35.7 Å². The number of nitrogens with one attached hydrogen (secondary N) is 1.